The number of benzene rings is 4. The third-order valence-electron chi connectivity index (χ3n) is 8.84. The van der Waals surface area contributed by atoms with Crippen LogP contribution in [0.15, 0.2) is 115 Å². The molecule has 0 aromatic heterocycles. The normalized spacial score (nSPS) is 15.7. The molecule has 1 aliphatic heterocycles. The molecule has 5 rings (SSSR count). The molecule has 1 saturated heterocycles. The number of carbonyl (C=O) groups is 3. The van der Waals surface area contributed by atoms with E-state index < -0.39 is 44.1 Å². The average molecular weight is 693 g/mol. The van der Waals surface area contributed by atoms with Gasteiger partial charge in [0.15, 0.2) is 0 Å². The van der Waals surface area contributed by atoms with Crippen LogP contribution in [0, 0.1) is 0 Å². The van der Waals surface area contributed by atoms with Crippen LogP contribution >= 0.6 is 0 Å². The molecule has 1 unspecified atom stereocenters. The smallest absolute Gasteiger partial charge is 0.417 e. The molecule has 262 valence electrons. The van der Waals surface area contributed by atoms with Crippen LogP contribution in [-0.2, 0) is 38.1 Å². The summed E-state index contributed by atoms with van der Waals surface area (Å²) in [7, 11) is -2.74. The molecule has 1 aliphatic rings. The standard InChI is InChI=1S/C41H48N2O6Si/c1-40(2,3)49-38(45)42-36(37(44)43-33(29-47-39(43)46)26-30-16-10-7-11-17-30)27-31-22-24-32(25-23-31)28-48-50(41(4,5)6,34-18-12-8-13-19-34)35-20-14-9-15-21-35/h7-25,33,36H,26-29H2,1-6H3,(H,42,45)/t33?,36-/m0/s1. The maximum Gasteiger partial charge on any atom is 0.417 e. The Morgan fingerprint density at radius 3 is 1.82 bits per heavy atom. The molecule has 4 aromatic rings. The summed E-state index contributed by atoms with van der Waals surface area (Å²) in [4.78, 5) is 41.0. The highest BCUT2D eigenvalue weighted by Gasteiger charge is 2.50. The highest BCUT2D eigenvalue weighted by atomic mass is 28.4. The first-order valence-corrected chi connectivity index (χ1v) is 19.0. The highest BCUT2D eigenvalue weighted by Crippen LogP contribution is 2.37. The first-order valence-electron chi connectivity index (χ1n) is 17.1. The Morgan fingerprint density at radius 1 is 0.780 bits per heavy atom. The second-order valence-electron chi connectivity index (χ2n) is 14.8. The summed E-state index contributed by atoms with van der Waals surface area (Å²) in [6, 6.07) is 36.9. The topological polar surface area (TPSA) is 94.2 Å². The van der Waals surface area contributed by atoms with Gasteiger partial charge < -0.3 is 19.2 Å². The molecule has 0 aliphatic carbocycles. The summed E-state index contributed by atoms with van der Waals surface area (Å²) >= 11 is 0. The monoisotopic (exact) mass is 692 g/mol. The molecular formula is C41H48N2O6Si. The SMILES string of the molecule is CC(C)(C)OC(=O)N[C@@H](Cc1ccc(CO[Si](c2ccccc2)(c2ccccc2)C(C)(C)C)cc1)C(=O)N1C(=O)OCC1Cc1ccccc1. The van der Waals surface area contributed by atoms with Crippen molar-refractivity contribution >= 4 is 36.8 Å². The van der Waals surface area contributed by atoms with Crippen molar-refractivity contribution in [3.63, 3.8) is 0 Å². The number of hydrogen-bond donors (Lipinski definition) is 1. The van der Waals surface area contributed by atoms with E-state index in [2.05, 4.69) is 74.6 Å². The van der Waals surface area contributed by atoms with Gasteiger partial charge in [0.05, 0.1) is 12.6 Å². The highest BCUT2D eigenvalue weighted by molar-refractivity contribution is 6.99. The maximum atomic E-state index is 14.0. The molecule has 9 heteroatoms. The Bertz CT molecular complexity index is 1700. The fourth-order valence-corrected chi connectivity index (χ4v) is 11.1. The minimum absolute atomic E-state index is 0.0820. The third-order valence-corrected chi connectivity index (χ3v) is 13.8. The summed E-state index contributed by atoms with van der Waals surface area (Å²) in [6.07, 6.45) is -0.867. The van der Waals surface area contributed by atoms with Crippen LogP contribution in [0.3, 0.4) is 0 Å². The molecule has 0 saturated carbocycles. The molecule has 50 heavy (non-hydrogen) atoms. The molecule has 0 spiro atoms. The molecule has 8 nitrogen and oxygen atoms in total. The Kier molecular flexibility index (Phi) is 11.3. The van der Waals surface area contributed by atoms with E-state index >= 15 is 0 Å². The minimum atomic E-state index is -2.74. The van der Waals surface area contributed by atoms with Crippen molar-refractivity contribution in [2.45, 2.75) is 83.7 Å². The van der Waals surface area contributed by atoms with E-state index in [4.69, 9.17) is 13.9 Å². The first kappa shape index (κ1) is 36.5. The van der Waals surface area contributed by atoms with Gasteiger partial charge in [0.1, 0.15) is 18.2 Å². The van der Waals surface area contributed by atoms with Gasteiger partial charge in [-0.15, -0.1) is 0 Å². The molecule has 4 aromatic carbocycles. The lowest BCUT2D eigenvalue weighted by Gasteiger charge is -2.43. The Hall–Kier alpha value is -4.73. The van der Waals surface area contributed by atoms with Gasteiger partial charge >= 0.3 is 12.2 Å². The predicted molar refractivity (Wildman–Crippen MR) is 198 cm³/mol. The lowest BCUT2D eigenvalue weighted by atomic mass is 10.0. The average Bonchev–Trinajstić information content (AvgIpc) is 3.44. The van der Waals surface area contributed by atoms with Gasteiger partial charge in [-0.2, -0.15) is 0 Å². The van der Waals surface area contributed by atoms with E-state index in [-0.39, 0.29) is 18.1 Å². The summed E-state index contributed by atoms with van der Waals surface area (Å²) in [5, 5.41) is 4.99. The lowest BCUT2D eigenvalue weighted by molar-refractivity contribution is -0.131. The van der Waals surface area contributed by atoms with E-state index in [0.29, 0.717) is 13.0 Å². The van der Waals surface area contributed by atoms with Crippen LogP contribution in [0.2, 0.25) is 5.04 Å². The van der Waals surface area contributed by atoms with Crippen molar-refractivity contribution < 1.29 is 28.3 Å². The van der Waals surface area contributed by atoms with Gasteiger partial charge in [0.2, 0.25) is 0 Å². The Morgan fingerprint density at radius 2 is 1.30 bits per heavy atom. The van der Waals surface area contributed by atoms with Gasteiger partial charge in [-0.05, 0) is 59.3 Å². The summed E-state index contributed by atoms with van der Waals surface area (Å²) < 4.78 is 17.9. The van der Waals surface area contributed by atoms with Crippen molar-refractivity contribution in [3.05, 3.63) is 132 Å². The van der Waals surface area contributed by atoms with Crippen molar-refractivity contribution in [3.8, 4) is 0 Å². The quantitative estimate of drug-likeness (QED) is 0.174. The van der Waals surface area contributed by atoms with Gasteiger partial charge in [-0.3, -0.25) is 4.79 Å². The number of amides is 3. The lowest BCUT2D eigenvalue weighted by Crippen LogP contribution is -2.66. The molecular weight excluding hydrogens is 645 g/mol. The summed E-state index contributed by atoms with van der Waals surface area (Å²) in [5.41, 5.74) is 1.99. The molecule has 2 atom stereocenters. The Labute approximate surface area is 296 Å². The minimum Gasteiger partial charge on any atom is -0.447 e. The summed E-state index contributed by atoms with van der Waals surface area (Å²) in [6.45, 7) is 12.5. The number of hydrogen-bond acceptors (Lipinski definition) is 6. The van der Waals surface area contributed by atoms with E-state index in [1.54, 1.807) is 20.8 Å². The molecule has 0 radical (unpaired) electrons. The third kappa shape index (κ3) is 8.70. The number of ether oxygens (including phenoxy) is 2. The fraction of sp³-hybridized carbons (Fsp3) is 0.341. The van der Waals surface area contributed by atoms with Crippen molar-refractivity contribution in [2.24, 2.45) is 0 Å². The second-order valence-corrected chi connectivity index (χ2v) is 19.1. The zero-order valence-electron chi connectivity index (χ0n) is 29.8. The van der Waals surface area contributed by atoms with Crippen LogP contribution < -0.4 is 15.7 Å². The predicted octanol–water partition coefficient (Wildman–Crippen LogP) is 6.79. The second kappa shape index (κ2) is 15.4. The molecule has 3 amide bonds. The molecule has 1 heterocycles. The number of nitrogens with one attached hydrogen (secondary N) is 1. The van der Waals surface area contributed by atoms with Gasteiger partial charge in [-0.25, -0.2) is 14.5 Å². The number of rotatable bonds is 11. The van der Waals surface area contributed by atoms with Crippen LogP contribution in [0.25, 0.3) is 0 Å². The van der Waals surface area contributed by atoms with E-state index in [1.165, 1.54) is 10.4 Å². The zero-order valence-corrected chi connectivity index (χ0v) is 30.8. The molecule has 0 bridgehead atoms. The van der Waals surface area contributed by atoms with Gasteiger partial charge in [0, 0.05) is 6.42 Å². The van der Waals surface area contributed by atoms with Crippen LogP contribution in [0.4, 0.5) is 9.59 Å². The van der Waals surface area contributed by atoms with Crippen LogP contribution in [0.5, 0.6) is 0 Å². The van der Waals surface area contributed by atoms with Crippen LogP contribution in [-0.4, -0.2) is 55.6 Å². The van der Waals surface area contributed by atoms with Crippen molar-refractivity contribution in [1.29, 1.82) is 0 Å². The van der Waals surface area contributed by atoms with Gasteiger partial charge in [-0.1, -0.05) is 136 Å². The first-order chi connectivity index (χ1) is 23.8. The van der Waals surface area contributed by atoms with Crippen LogP contribution in [0.1, 0.15) is 58.2 Å². The number of nitrogens with zero attached hydrogens (tertiary/aromatic N) is 1. The number of carbonyl (C=O) groups excluding carboxylic acids is 3. The largest absolute Gasteiger partial charge is 0.447 e. The maximum absolute atomic E-state index is 14.0. The number of cyclic esters (lactones) is 1. The number of imide groups is 1. The molecule has 1 fully saturated rings. The van der Waals surface area contributed by atoms with E-state index in [1.807, 2.05) is 66.7 Å². The zero-order chi connectivity index (χ0) is 35.9. The molecule has 1 N–H and O–H groups in total. The van der Waals surface area contributed by atoms with E-state index in [0.717, 1.165) is 21.6 Å². The van der Waals surface area contributed by atoms with Crippen molar-refractivity contribution in [1.82, 2.24) is 10.2 Å². The number of alkyl carbamates (subject to hydrolysis) is 1. The summed E-state index contributed by atoms with van der Waals surface area (Å²) in [5.74, 6) is -0.543. The van der Waals surface area contributed by atoms with E-state index in [9.17, 15) is 14.4 Å². The van der Waals surface area contributed by atoms with Crippen molar-refractivity contribution in [2.75, 3.05) is 6.61 Å². The fourth-order valence-electron chi connectivity index (χ4n) is 6.55. The Balaban J connectivity index is 1.37. The van der Waals surface area contributed by atoms with Gasteiger partial charge in [0.25, 0.3) is 14.2 Å².